The largest absolute Gasteiger partial charge is 0.468 e. The first-order chi connectivity index (χ1) is 13.4. The molecule has 0 bridgehead atoms. The van der Waals surface area contributed by atoms with Gasteiger partial charge in [-0.2, -0.15) is 0 Å². The number of urea groups is 1. The molecule has 1 aromatic carbocycles. The van der Waals surface area contributed by atoms with Gasteiger partial charge in [-0.1, -0.05) is 13.8 Å². The third-order valence-corrected chi connectivity index (χ3v) is 4.95. The Hall–Kier alpha value is -2.94. The quantitative estimate of drug-likeness (QED) is 0.586. The summed E-state index contributed by atoms with van der Waals surface area (Å²) < 4.78 is 4.46. The Labute approximate surface area is 167 Å². The van der Waals surface area contributed by atoms with E-state index in [2.05, 4.69) is 39.5 Å². The van der Waals surface area contributed by atoms with Gasteiger partial charge in [-0.25, -0.2) is 9.78 Å². The van der Waals surface area contributed by atoms with Crippen LogP contribution in [0, 0.1) is 0 Å². The van der Waals surface area contributed by atoms with Crippen LogP contribution in [0.2, 0.25) is 0 Å². The van der Waals surface area contributed by atoms with E-state index in [4.69, 9.17) is 0 Å². The highest BCUT2D eigenvalue weighted by Crippen LogP contribution is 2.19. The average molecular weight is 404 g/mol. The van der Waals surface area contributed by atoms with Crippen LogP contribution in [0.25, 0.3) is 0 Å². The van der Waals surface area contributed by atoms with Crippen molar-refractivity contribution in [2.24, 2.45) is 0 Å². The predicted molar refractivity (Wildman–Crippen MR) is 108 cm³/mol. The topological polar surface area (TPSA) is 109 Å². The molecule has 0 unspecified atom stereocenters. The first-order valence-electron chi connectivity index (χ1n) is 8.83. The van der Waals surface area contributed by atoms with Gasteiger partial charge >= 0.3 is 12.0 Å². The van der Waals surface area contributed by atoms with E-state index in [9.17, 15) is 14.4 Å². The summed E-state index contributed by atoms with van der Waals surface area (Å²) >= 11 is 1.63. The van der Waals surface area contributed by atoms with Crippen molar-refractivity contribution in [1.82, 2.24) is 15.6 Å². The Kier molecular flexibility index (Phi) is 7.94. The zero-order valence-electron chi connectivity index (χ0n) is 16.1. The smallest absolute Gasteiger partial charge is 0.325 e. The zero-order valence-corrected chi connectivity index (χ0v) is 16.9. The van der Waals surface area contributed by atoms with Gasteiger partial charge in [0.25, 0.3) is 5.91 Å². The number of thiazole rings is 1. The summed E-state index contributed by atoms with van der Waals surface area (Å²) in [7, 11) is 1.25. The van der Waals surface area contributed by atoms with E-state index in [0.29, 0.717) is 30.1 Å². The Balaban J connectivity index is 1.75. The van der Waals surface area contributed by atoms with Gasteiger partial charge in [0.15, 0.2) is 0 Å². The molecule has 3 N–H and O–H groups in total. The molecule has 1 heterocycles. The summed E-state index contributed by atoms with van der Waals surface area (Å²) in [5, 5.41) is 11.0. The van der Waals surface area contributed by atoms with Crippen molar-refractivity contribution >= 4 is 34.9 Å². The van der Waals surface area contributed by atoms with E-state index in [0.717, 1.165) is 10.7 Å². The Morgan fingerprint density at radius 3 is 2.46 bits per heavy atom. The molecule has 2 aromatic rings. The lowest BCUT2D eigenvalue weighted by Gasteiger charge is -2.08. The third-order valence-electron chi connectivity index (χ3n) is 3.76. The van der Waals surface area contributed by atoms with Gasteiger partial charge in [-0.3, -0.25) is 9.59 Å². The molecule has 0 fully saturated rings. The maximum Gasteiger partial charge on any atom is 0.325 e. The van der Waals surface area contributed by atoms with Gasteiger partial charge in [0, 0.05) is 35.5 Å². The molecule has 150 valence electrons. The number of hydrogen-bond acceptors (Lipinski definition) is 6. The molecule has 0 saturated heterocycles. The van der Waals surface area contributed by atoms with E-state index < -0.39 is 11.9 Å². The fraction of sp³-hybridized carbons (Fsp3) is 0.368. The number of methoxy groups -OCH3 is 1. The summed E-state index contributed by atoms with van der Waals surface area (Å²) in [5.41, 5.74) is 1.90. The number of esters is 1. The number of nitrogens with zero attached hydrogens (tertiary/aromatic N) is 1. The van der Waals surface area contributed by atoms with Crippen LogP contribution in [-0.2, 0) is 16.0 Å². The molecular weight excluding hydrogens is 380 g/mol. The molecule has 0 aliphatic carbocycles. The first kappa shape index (κ1) is 21.4. The normalized spacial score (nSPS) is 10.4. The summed E-state index contributed by atoms with van der Waals surface area (Å²) in [4.78, 5) is 39.4. The van der Waals surface area contributed by atoms with E-state index in [1.807, 2.05) is 5.38 Å². The van der Waals surface area contributed by atoms with Crippen LogP contribution in [0.15, 0.2) is 29.6 Å². The van der Waals surface area contributed by atoms with E-state index in [-0.39, 0.29) is 12.6 Å². The van der Waals surface area contributed by atoms with Gasteiger partial charge in [-0.05, 0) is 24.3 Å². The van der Waals surface area contributed by atoms with Crippen LogP contribution in [0.5, 0.6) is 0 Å². The second-order valence-corrected chi connectivity index (χ2v) is 7.19. The van der Waals surface area contributed by atoms with E-state index in [1.54, 1.807) is 35.6 Å². The lowest BCUT2D eigenvalue weighted by atomic mass is 10.2. The molecule has 28 heavy (non-hydrogen) atoms. The molecule has 0 saturated carbocycles. The average Bonchev–Trinajstić information content (AvgIpc) is 3.15. The molecule has 8 nitrogen and oxygen atoms in total. The number of amides is 3. The number of nitrogens with one attached hydrogen (secondary N) is 3. The maximum atomic E-state index is 12.0. The number of aromatic nitrogens is 1. The summed E-state index contributed by atoms with van der Waals surface area (Å²) in [6, 6.07) is 6.02. The number of anilines is 1. The maximum absolute atomic E-state index is 12.0. The molecule has 0 aliphatic heterocycles. The van der Waals surface area contributed by atoms with Crippen LogP contribution in [0.3, 0.4) is 0 Å². The number of carbonyl (C=O) groups is 3. The van der Waals surface area contributed by atoms with E-state index in [1.165, 1.54) is 7.11 Å². The van der Waals surface area contributed by atoms with Crippen LogP contribution in [0.4, 0.5) is 10.5 Å². The number of hydrogen-bond donors (Lipinski definition) is 3. The number of benzene rings is 1. The molecule has 0 spiro atoms. The lowest BCUT2D eigenvalue weighted by Crippen LogP contribution is -2.31. The Morgan fingerprint density at radius 2 is 1.86 bits per heavy atom. The highest BCUT2D eigenvalue weighted by atomic mass is 32.1. The molecule has 1 aromatic heterocycles. The fourth-order valence-corrected chi connectivity index (χ4v) is 3.08. The minimum Gasteiger partial charge on any atom is -0.468 e. The monoisotopic (exact) mass is 404 g/mol. The van der Waals surface area contributed by atoms with Gasteiger partial charge < -0.3 is 20.7 Å². The van der Waals surface area contributed by atoms with Gasteiger partial charge in [-0.15, -0.1) is 11.3 Å². The van der Waals surface area contributed by atoms with Crippen molar-refractivity contribution in [1.29, 1.82) is 0 Å². The van der Waals surface area contributed by atoms with Gasteiger partial charge in [0.05, 0.1) is 17.8 Å². The number of ether oxygens (including phenoxy) is 1. The number of carbonyl (C=O) groups excluding carboxylic acids is 3. The Bertz CT molecular complexity index is 818. The predicted octanol–water partition coefficient (Wildman–Crippen LogP) is 2.53. The van der Waals surface area contributed by atoms with Gasteiger partial charge in [0.1, 0.15) is 6.54 Å². The van der Waals surface area contributed by atoms with Crippen molar-refractivity contribution in [2.45, 2.75) is 26.2 Å². The minimum absolute atomic E-state index is 0.199. The van der Waals surface area contributed by atoms with Crippen molar-refractivity contribution in [3.63, 3.8) is 0 Å². The molecule has 0 aliphatic rings. The van der Waals surface area contributed by atoms with Gasteiger partial charge in [0.2, 0.25) is 0 Å². The molecule has 9 heteroatoms. The zero-order chi connectivity index (χ0) is 20.5. The first-order valence-corrected chi connectivity index (χ1v) is 9.71. The van der Waals surface area contributed by atoms with Crippen molar-refractivity contribution in [3.05, 3.63) is 45.9 Å². The molecule has 0 atom stereocenters. The van der Waals surface area contributed by atoms with Crippen LogP contribution >= 0.6 is 11.3 Å². The van der Waals surface area contributed by atoms with Crippen LogP contribution in [0.1, 0.15) is 40.8 Å². The van der Waals surface area contributed by atoms with Crippen LogP contribution < -0.4 is 16.0 Å². The van der Waals surface area contributed by atoms with Crippen LogP contribution in [-0.4, -0.2) is 43.1 Å². The van der Waals surface area contributed by atoms with Crippen molar-refractivity contribution < 1.29 is 19.1 Å². The van der Waals surface area contributed by atoms with Crippen molar-refractivity contribution in [2.75, 3.05) is 25.5 Å². The highest BCUT2D eigenvalue weighted by Gasteiger charge is 2.09. The van der Waals surface area contributed by atoms with E-state index >= 15 is 0 Å². The minimum atomic E-state index is -0.526. The second-order valence-electron chi connectivity index (χ2n) is 6.30. The second kappa shape index (κ2) is 10.4. The summed E-state index contributed by atoms with van der Waals surface area (Å²) in [6.07, 6.45) is 0.663. The summed E-state index contributed by atoms with van der Waals surface area (Å²) in [6.45, 7) is 4.47. The fourth-order valence-electron chi connectivity index (χ4n) is 2.21. The standard InChI is InChI=1S/C19H24N4O4S/c1-12(2)18-22-15(11-28-18)8-9-20-19(26)23-14-6-4-13(5-7-14)17(25)21-10-16(24)27-3/h4-7,11-12H,8-10H2,1-3H3,(H,21,25)(H2,20,23,26). The molecule has 0 radical (unpaired) electrons. The molecular formula is C19H24N4O4S. The SMILES string of the molecule is COC(=O)CNC(=O)c1ccc(NC(=O)NCCc2csc(C(C)C)n2)cc1. The lowest BCUT2D eigenvalue weighted by molar-refractivity contribution is -0.139. The third kappa shape index (κ3) is 6.66. The molecule has 3 amide bonds. The molecule has 2 rings (SSSR count). The van der Waals surface area contributed by atoms with Crippen molar-refractivity contribution in [3.8, 4) is 0 Å². The Morgan fingerprint density at radius 1 is 1.14 bits per heavy atom. The summed E-state index contributed by atoms with van der Waals surface area (Å²) in [5.74, 6) is -0.521. The number of rotatable bonds is 8. The highest BCUT2D eigenvalue weighted by molar-refractivity contribution is 7.09.